The summed E-state index contributed by atoms with van der Waals surface area (Å²) in [6, 6.07) is 6.96. The van der Waals surface area contributed by atoms with E-state index in [1.54, 1.807) is 18.2 Å². The number of aryl methyl sites for hydroxylation is 1. The summed E-state index contributed by atoms with van der Waals surface area (Å²) < 4.78 is 27.1. The molecule has 0 spiro atoms. The summed E-state index contributed by atoms with van der Waals surface area (Å²) in [5.41, 5.74) is 1.69. The van der Waals surface area contributed by atoms with Crippen LogP contribution in [-0.2, 0) is 23.1 Å². The number of rotatable bonds is 7. The molecule has 0 saturated heterocycles. The molecule has 1 aromatic carbocycles. The van der Waals surface area contributed by atoms with Crippen molar-refractivity contribution in [2.75, 3.05) is 6.54 Å². The van der Waals surface area contributed by atoms with Crippen LogP contribution in [0.25, 0.3) is 0 Å². The van der Waals surface area contributed by atoms with Gasteiger partial charge in [0.15, 0.2) is 0 Å². The summed E-state index contributed by atoms with van der Waals surface area (Å²) in [4.78, 5) is 4.53. The number of aromatic nitrogens is 1. The highest BCUT2D eigenvalue weighted by Crippen LogP contribution is 2.13. The van der Waals surface area contributed by atoms with Crippen LogP contribution in [0.4, 0.5) is 0 Å². The fraction of sp³-hybridized carbons (Fsp3) is 0.357. The summed E-state index contributed by atoms with van der Waals surface area (Å²) in [5.74, 6) is 0. The minimum absolute atomic E-state index is 0.212. The van der Waals surface area contributed by atoms with Crippen LogP contribution in [0.15, 0.2) is 34.5 Å². The van der Waals surface area contributed by atoms with Gasteiger partial charge in [-0.25, -0.2) is 18.1 Å². The molecule has 0 amide bonds. The van der Waals surface area contributed by atoms with E-state index in [4.69, 9.17) is 0 Å². The maximum Gasteiger partial charge on any atom is 0.240 e. The lowest BCUT2D eigenvalue weighted by atomic mass is 10.2. The molecule has 0 aliphatic rings. The summed E-state index contributed by atoms with van der Waals surface area (Å²) in [7, 11) is -3.51. The van der Waals surface area contributed by atoms with Crippen molar-refractivity contribution < 1.29 is 8.42 Å². The standard InChI is InChI=1S/C14H19N3O2S2/c1-3-15-8-12-5-4-6-14(7-12)21(18,19)16-9-13-10-20-11(2)17-13/h4-7,10,15-16H,3,8-9H2,1-2H3. The van der Waals surface area contributed by atoms with Gasteiger partial charge in [0.25, 0.3) is 0 Å². The molecule has 1 aromatic heterocycles. The smallest absolute Gasteiger partial charge is 0.240 e. The van der Waals surface area contributed by atoms with Crippen molar-refractivity contribution in [3.8, 4) is 0 Å². The van der Waals surface area contributed by atoms with Crippen LogP contribution < -0.4 is 10.0 Å². The van der Waals surface area contributed by atoms with E-state index in [-0.39, 0.29) is 11.4 Å². The maximum atomic E-state index is 12.3. The topological polar surface area (TPSA) is 71.1 Å². The zero-order valence-corrected chi connectivity index (χ0v) is 13.7. The molecule has 2 aromatic rings. The quantitative estimate of drug-likeness (QED) is 0.817. The Hall–Kier alpha value is -1.28. The molecule has 114 valence electrons. The first kappa shape index (κ1) is 16.1. The lowest BCUT2D eigenvalue weighted by molar-refractivity contribution is 0.580. The van der Waals surface area contributed by atoms with Gasteiger partial charge in [-0.15, -0.1) is 11.3 Å². The summed E-state index contributed by atoms with van der Waals surface area (Å²) in [6.07, 6.45) is 0. The van der Waals surface area contributed by atoms with E-state index in [1.165, 1.54) is 11.3 Å². The maximum absolute atomic E-state index is 12.3. The van der Waals surface area contributed by atoms with Gasteiger partial charge in [0.05, 0.1) is 22.1 Å². The molecule has 0 aliphatic carbocycles. The van der Waals surface area contributed by atoms with E-state index in [1.807, 2.05) is 25.3 Å². The molecular formula is C14H19N3O2S2. The van der Waals surface area contributed by atoms with Crippen molar-refractivity contribution in [3.63, 3.8) is 0 Å². The van der Waals surface area contributed by atoms with E-state index in [0.717, 1.165) is 22.8 Å². The molecule has 21 heavy (non-hydrogen) atoms. The molecular weight excluding hydrogens is 306 g/mol. The number of nitrogens with one attached hydrogen (secondary N) is 2. The molecule has 0 radical (unpaired) electrons. The number of nitrogens with zero attached hydrogens (tertiary/aromatic N) is 1. The number of thiazole rings is 1. The Labute approximate surface area is 129 Å². The van der Waals surface area contributed by atoms with Crippen LogP contribution >= 0.6 is 11.3 Å². The van der Waals surface area contributed by atoms with Crippen LogP contribution in [0.1, 0.15) is 23.2 Å². The number of benzene rings is 1. The molecule has 0 fully saturated rings. The van der Waals surface area contributed by atoms with Gasteiger partial charge in [-0.1, -0.05) is 19.1 Å². The van der Waals surface area contributed by atoms with Gasteiger partial charge in [-0.2, -0.15) is 0 Å². The Bertz CT molecular complexity index is 696. The highest BCUT2D eigenvalue weighted by atomic mass is 32.2. The van der Waals surface area contributed by atoms with E-state index in [2.05, 4.69) is 15.0 Å². The first-order valence-electron chi connectivity index (χ1n) is 6.71. The van der Waals surface area contributed by atoms with Crippen LogP contribution in [0.3, 0.4) is 0 Å². The average Bonchev–Trinajstić information content (AvgIpc) is 2.89. The molecule has 2 rings (SSSR count). The molecule has 0 bridgehead atoms. The van der Waals surface area contributed by atoms with E-state index in [0.29, 0.717) is 6.54 Å². The van der Waals surface area contributed by atoms with E-state index >= 15 is 0 Å². The molecule has 0 unspecified atom stereocenters. The first-order valence-corrected chi connectivity index (χ1v) is 9.08. The molecule has 2 N–H and O–H groups in total. The predicted octanol–water partition coefficient (Wildman–Crippen LogP) is 2.04. The number of hydrogen-bond donors (Lipinski definition) is 2. The zero-order chi connectivity index (χ0) is 15.3. The van der Waals surface area contributed by atoms with Crippen molar-refractivity contribution >= 4 is 21.4 Å². The van der Waals surface area contributed by atoms with Crippen molar-refractivity contribution in [3.05, 3.63) is 45.9 Å². The Kier molecular flexibility index (Phi) is 5.46. The van der Waals surface area contributed by atoms with Crippen LogP contribution in [0.2, 0.25) is 0 Å². The van der Waals surface area contributed by atoms with Crippen molar-refractivity contribution in [2.24, 2.45) is 0 Å². The summed E-state index contributed by atoms with van der Waals surface area (Å²) in [5, 5.41) is 5.97. The average molecular weight is 325 g/mol. The van der Waals surface area contributed by atoms with Gasteiger partial charge in [0, 0.05) is 11.9 Å². The van der Waals surface area contributed by atoms with Crippen molar-refractivity contribution in [2.45, 2.75) is 31.8 Å². The molecule has 5 nitrogen and oxygen atoms in total. The highest BCUT2D eigenvalue weighted by molar-refractivity contribution is 7.89. The summed E-state index contributed by atoms with van der Waals surface area (Å²) >= 11 is 1.51. The molecule has 0 aliphatic heterocycles. The second-order valence-corrected chi connectivity index (χ2v) is 7.44. The van der Waals surface area contributed by atoms with Crippen molar-refractivity contribution in [1.82, 2.24) is 15.0 Å². The second kappa shape index (κ2) is 7.13. The fourth-order valence-corrected chi connectivity index (χ4v) is 3.52. The summed E-state index contributed by atoms with van der Waals surface area (Å²) in [6.45, 7) is 5.62. The predicted molar refractivity (Wildman–Crippen MR) is 84.7 cm³/mol. The normalized spacial score (nSPS) is 11.7. The second-order valence-electron chi connectivity index (χ2n) is 4.61. The van der Waals surface area contributed by atoms with E-state index in [9.17, 15) is 8.42 Å². The zero-order valence-electron chi connectivity index (χ0n) is 12.1. The minimum Gasteiger partial charge on any atom is -0.313 e. The Morgan fingerprint density at radius 2 is 2.10 bits per heavy atom. The third-order valence-corrected chi connectivity index (χ3v) is 5.12. The fourth-order valence-electron chi connectivity index (χ4n) is 1.83. The molecule has 7 heteroatoms. The Balaban J connectivity index is 2.08. The Morgan fingerprint density at radius 1 is 1.29 bits per heavy atom. The number of hydrogen-bond acceptors (Lipinski definition) is 5. The SMILES string of the molecule is CCNCc1cccc(S(=O)(=O)NCc2csc(C)n2)c1. The van der Waals surface area contributed by atoms with E-state index < -0.39 is 10.0 Å². The van der Waals surface area contributed by atoms with Crippen LogP contribution in [-0.4, -0.2) is 19.9 Å². The van der Waals surface area contributed by atoms with Gasteiger partial charge in [-0.05, 0) is 31.2 Å². The van der Waals surface area contributed by atoms with Gasteiger partial charge in [-0.3, -0.25) is 0 Å². The van der Waals surface area contributed by atoms with Gasteiger partial charge in [0.2, 0.25) is 10.0 Å². The lowest BCUT2D eigenvalue weighted by Crippen LogP contribution is -2.23. The lowest BCUT2D eigenvalue weighted by Gasteiger charge is -2.08. The minimum atomic E-state index is -3.51. The largest absolute Gasteiger partial charge is 0.313 e. The number of sulfonamides is 1. The third kappa shape index (κ3) is 4.60. The highest BCUT2D eigenvalue weighted by Gasteiger charge is 2.14. The molecule has 0 saturated carbocycles. The molecule has 1 heterocycles. The van der Waals surface area contributed by atoms with Gasteiger partial charge < -0.3 is 5.32 Å². The monoisotopic (exact) mass is 325 g/mol. The Morgan fingerprint density at radius 3 is 2.76 bits per heavy atom. The van der Waals surface area contributed by atoms with Crippen LogP contribution in [0, 0.1) is 6.92 Å². The van der Waals surface area contributed by atoms with Gasteiger partial charge >= 0.3 is 0 Å². The third-order valence-electron chi connectivity index (χ3n) is 2.90. The molecule has 0 atom stereocenters. The first-order chi connectivity index (χ1) is 10.0. The van der Waals surface area contributed by atoms with Gasteiger partial charge in [0.1, 0.15) is 0 Å². The van der Waals surface area contributed by atoms with Crippen LogP contribution in [0.5, 0.6) is 0 Å². The van der Waals surface area contributed by atoms with Crippen molar-refractivity contribution in [1.29, 1.82) is 0 Å².